The molecule has 2 rings (SSSR count). The Bertz CT molecular complexity index is 338. The molecule has 0 spiro atoms. The number of piperidine rings is 1. The number of aliphatic hydroxyl groups is 1. The van der Waals surface area contributed by atoms with Gasteiger partial charge in [0.05, 0.1) is 6.61 Å². The first-order chi connectivity index (χ1) is 7.79. The van der Waals surface area contributed by atoms with Crippen molar-refractivity contribution in [3.63, 3.8) is 0 Å². The third-order valence-corrected chi connectivity index (χ3v) is 3.26. The minimum absolute atomic E-state index is 0.229. The number of phenols is 1. The van der Waals surface area contributed by atoms with Gasteiger partial charge in [-0.1, -0.05) is 12.1 Å². The van der Waals surface area contributed by atoms with E-state index in [4.69, 9.17) is 5.11 Å². The van der Waals surface area contributed by atoms with E-state index in [1.807, 2.05) is 12.1 Å². The monoisotopic (exact) mass is 221 g/mol. The number of likely N-dealkylation sites (tertiary alicyclic amines) is 1. The molecule has 16 heavy (non-hydrogen) atoms. The van der Waals surface area contributed by atoms with Crippen LogP contribution in [0.3, 0.4) is 0 Å². The lowest BCUT2D eigenvalue weighted by atomic mass is 9.90. The zero-order valence-electron chi connectivity index (χ0n) is 9.47. The number of nitrogens with zero attached hydrogens (tertiary/aromatic N) is 1. The van der Waals surface area contributed by atoms with Crippen LogP contribution >= 0.6 is 0 Å². The fraction of sp³-hybridized carbons (Fsp3) is 0.538. The van der Waals surface area contributed by atoms with Crippen molar-refractivity contribution in [1.82, 2.24) is 4.90 Å². The smallest absolute Gasteiger partial charge is 0.115 e. The molecule has 3 heteroatoms. The van der Waals surface area contributed by atoms with Crippen LogP contribution in [0.1, 0.15) is 24.3 Å². The molecule has 1 aromatic carbocycles. The first-order valence-corrected chi connectivity index (χ1v) is 5.92. The number of hydrogen-bond acceptors (Lipinski definition) is 3. The van der Waals surface area contributed by atoms with E-state index in [0.29, 0.717) is 11.7 Å². The van der Waals surface area contributed by atoms with E-state index in [-0.39, 0.29) is 6.61 Å². The average molecular weight is 221 g/mol. The number of rotatable bonds is 3. The summed E-state index contributed by atoms with van der Waals surface area (Å²) in [6, 6.07) is 7.54. The standard InChI is InChI=1S/C13H19NO2/c15-8-7-14-6-2-4-12(10-14)11-3-1-5-13(16)9-11/h1,3,5,9,12,15-16H,2,4,6-8,10H2. The predicted octanol–water partition coefficient (Wildman–Crippen LogP) is 1.56. The average Bonchev–Trinajstić information content (AvgIpc) is 2.30. The van der Waals surface area contributed by atoms with E-state index in [1.165, 1.54) is 18.4 Å². The van der Waals surface area contributed by atoms with Gasteiger partial charge in [0.15, 0.2) is 0 Å². The molecule has 1 atom stereocenters. The van der Waals surface area contributed by atoms with Gasteiger partial charge in [-0.15, -0.1) is 0 Å². The Hall–Kier alpha value is -1.06. The fourth-order valence-electron chi connectivity index (χ4n) is 2.45. The summed E-state index contributed by atoms with van der Waals surface area (Å²) in [7, 11) is 0. The minimum atomic E-state index is 0.229. The van der Waals surface area contributed by atoms with Crippen LogP contribution in [0.5, 0.6) is 5.75 Å². The topological polar surface area (TPSA) is 43.7 Å². The Labute approximate surface area is 96.3 Å². The maximum Gasteiger partial charge on any atom is 0.115 e. The molecule has 1 heterocycles. The minimum Gasteiger partial charge on any atom is -0.508 e. The molecule has 88 valence electrons. The van der Waals surface area contributed by atoms with Crippen molar-refractivity contribution in [2.75, 3.05) is 26.2 Å². The van der Waals surface area contributed by atoms with Gasteiger partial charge in [0, 0.05) is 13.1 Å². The first kappa shape index (κ1) is 11.4. The maximum atomic E-state index is 9.46. The third-order valence-electron chi connectivity index (χ3n) is 3.26. The molecule has 0 amide bonds. The normalized spacial score (nSPS) is 22.2. The van der Waals surface area contributed by atoms with Crippen LogP contribution in [0.15, 0.2) is 24.3 Å². The highest BCUT2D eigenvalue weighted by Crippen LogP contribution is 2.28. The molecule has 1 fully saturated rings. The van der Waals surface area contributed by atoms with Gasteiger partial charge in [0.2, 0.25) is 0 Å². The van der Waals surface area contributed by atoms with Gasteiger partial charge >= 0.3 is 0 Å². The Morgan fingerprint density at radius 1 is 1.38 bits per heavy atom. The SMILES string of the molecule is OCCN1CCCC(c2cccc(O)c2)C1. The highest BCUT2D eigenvalue weighted by molar-refractivity contribution is 5.30. The van der Waals surface area contributed by atoms with Crippen molar-refractivity contribution in [2.45, 2.75) is 18.8 Å². The second-order valence-electron chi connectivity index (χ2n) is 4.46. The predicted molar refractivity (Wildman–Crippen MR) is 63.6 cm³/mol. The molecular weight excluding hydrogens is 202 g/mol. The molecule has 1 unspecified atom stereocenters. The molecule has 1 aliphatic heterocycles. The second kappa shape index (κ2) is 5.32. The van der Waals surface area contributed by atoms with Crippen molar-refractivity contribution in [3.8, 4) is 5.75 Å². The molecule has 0 aromatic heterocycles. The number of aliphatic hydroxyl groups excluding tert-OH is 1. The van der Waals surface area contributed by atoms with Crippen molar-refractivity contribution < 1.29 is 10.2 Å². The van der Waals surface area contributed by atoms with E-state index in [9.17, 15) is 5.11 Å². The second-order valence-corrected chi connectivity index (χ2v) is 4.46. The molecule has 1 aromatic rings. The van der Waals surface area contributed by atoms with E-state index in [2.05, 4.69) is 11.0 Å². The van der Waals surface area contributed by atoms with E-state index in [1.54, 1.807) is 6.07 Å². The molecule has 1 aliphatic rings. The zero-order valence-corrected chi connectivity index (χ0v) is 9.47. The summed E-state index contributed by atoms with van der Waals surface area (Å²) >= 11 is 0. The van der Waals surface area contributed by atoms with Crippen LogP contribution < -0.4 is 0 Å². The summed E-state index contributed by atoms with van der Waals surface area (Å²) in [5.41, 5.74) is 1.21. The maximum absolute atomic E-state index is 9.46. The van der Waals surface area contributed by atoms with Gasteiger partial charge in [-0.25, -0.2) is 0 Å². The number of phenolic OH excluding ortho intramolecular Hbond substituents is 1. The lowest BCUT2D eigenvalue weighted by molar-refractivity contribution is 0.161. The summed E-state index contributed by atoms with van der Waals surface area (Å²) in [6.45, 7) is 3.06. The summed E-state index contributed by atoms with van der Waals surface area (Å²) in [6.07, 6.45) is 2.34. The Kier molecular flexibility index (Phi) is 3.80. The quantitative estimate of drug-likeness (QED) is 0.814. The van der Waals surface area contributed by atoms with E-state index in [0.717, 1.165) is 19.6 Å². The summed E-state index contributed by atoms with van der Waals surface area (Å²) in [5.74, 6) is 0.837. The number of β-amino-alcohol motifs (C(OH)–C–C–N with tert-alkyl or cyclic N) is 1. The van der Waals surface area contributed by atoms with Gasteiger partial charge in [0.1, 0.15) is 5.75 Å². The van der Waals surface area contributed by atoms with Crippen LogP contribution in [0, 0.1) is 0 Å². The van der Waals surface area contributed by atoms with Crippen LogP contribution in [0.25, 0.3) is 0 Å². The van der Waals surface area contributed by atoms with Gasteiger partial charge in [-0.3, -0.25) is 0 Å². The van der Waals surface area contributed by atoms with Gasteiger partial charge in [-0.05, 0) is 43.0 Å². The van der Waals surface area contributed by atoms with Crippen LogP contribution in [-0.2, 0) is 0 Å². The van der Waals surface area contributed by atoms with Crippen molar-refractivity contribution >= 4 is 0 Å². The number of aromatic hydroxyl groups is 1. The molecule has 3 nitrogen and oxygen atoms in total. The first-order valence-electron chi connectivity index (χ1n) is 5.92. The lowest BCUT2D eigenvalue weighted by Gasteiger charge is -2.32. The lowest BCUT2D eigenvalue weighted by Crippen LogP contribution is -2.36. The number of hydrogen-bond donors (Lipinski definition) is 2. The van der Waals surface area contributed by atoms with Crippen molar-refractivity contribution in [3.05, 3.63) is 29.8 Å². The molecule has 0 aliphatic carbocycles. The summed E-state index contributed by atoms with van der Waals surface area (Å²) < 4.78 is 0. The van der Waals surface area contributed by atoms with Gasteiger partial charge in [-0.2, -0.15) is 0 Å². The van der Waals surface area contributed by atoms with E-state index < -0.39 is 0 Å². The Morgan fingerprint density at radius 3 is 3.00 bits per heavy atom. The van der Waals surface area contributed by atoms with Crippen LogP contribution in [0.4, 0.5) is 0 Å². The molecular formula is C13H19NO2. The third kappa shape index (κ3) is 2.74. The number of benzene rings is 1. The molecule has 0 bridgehead atoms. The molecule has 0 radical (unpaired) electrons. The van der Waals surface area contributed by atoms with Crippen molar-refractivity contribution in [2.24, 2.45) is 0 Å². The summed E-state index contributed by atoms with van der Waals surface area (Å²) in [5, 5.41) is 18.4. The molecule has 0 saturated carbocycles. The highest BCUT2D eigenvalue weighted by atomic mass is 16.3. The summed E-state index contributed by atoms with van der Waals surface area (Å²) in [4.78, 5) is 2.29. The van der Waals surface area contributed by atoms with Crippen LogP contribution in [-0.4, -0.2) is 41.4 Å². The van der Waals surface area contributed by atoms with Gasteiger partial charge in [0.25, 0.3) is 0 Å². The Balaban J connectivity index is 2.03. The largest absolute Gasteiger partial charge is 0.508 e. The highest BCUT2D eigenvalue weighted by Gasteiger charge is 2.20. The Morgan fingerprint density at radius 2 is 2.25 bits per heavy atom. The zero-order chi connectivity index (χ0) is 11.4. The van der Waals surface area contributed by atoms with E-state index >= 15 is 0 Å². The van der Waals surface area contributed by atoms with Gasteiger partial charge < -0.3 is 15.1 Å². The van der Waals surface area contributed by atoms with Crippen LogP contribution in [0.2, 0.25) is 0 Å². The van der Waals surface area contributed by atoms with Crippen molar-refractivity contribution in [1.29, 1.82) is 0 Å². The fourth-order valence-corrected chi connectivity index (χ4v) is 2.45. The molecule has 2 N–H and O–H groups in total. The molecule has 1 saturated heterocycles.